The number of hydrogen-bond acceptors (Lipinski definition) is 2. The van der Waals surface area contributed by atoms with Crippen LogP contribution in [0.25, 0.3) is 0 Å². The van der Waals surface area contributed by atoms with Crippen molar-refractivity contribution in [2.24, 2.45) is 0 Å². The van der Waals surface area contributed by atoms with Crippen molar-refractivity contribution in [3.05, 3.63) is 50.7 Å². The lowest BCUT2D eigenvalue weighted by atomic mass is 10.0. The summed E-state index contributed by atoms with van der Waals surface area (Å²) in [7, 11) is 0. The van der Waals surface area contributed by atoms with Crippen molar-refractivity contribution >= 4 is 27.5 Å². The minimum absolute atomic E-state index is 0.469. The average Bonchev–Trinajstić information content (AvgIpc) is 2.75. The number of halogens is 2. The molecule has 114 valence electrons. The second-order valence-corrected chi connectivity index (χ2v) is 6.36. The highest BCUT2D eigenvalue weighted by molar-refractivity contribution is 9.10. The molecule has 5 heteroatoms. The Morgan fingerprint density at radius 2 is 2.10 bits per heavy atom. The van der Waals surface area contributed by atoms with Crippen molar-refractivity contribution < 1.29 is 5.11 Å². The monoisotopic (exact) mass is 370 g/mol. The van der Waals surface area contributed by atoms with E-state index in [0.29, 0.717) is 17.9 Å². The van der Waals surface area contributed by atoms with Gasteiger partial charge in [0.2, 0.25) is 0 Å². The Bertz CT molecular complexity index is 612. The van der Waals surface area contributed by atoms with E-state index in [9.17, 15) is 5.11 Å². The number of rotatable bonds is 6. The lowest BCUT2D eigenvalue weighted by molar-refractivity contribution is 0.172. The second-order valence-electron chi connectivity index (χ2n) is 5.07. The summed E-state index contributed by atoms with van der Waals surface area (Å²) in [6.07, 6.45) is 1.46. The Balaban J connectivity index is 2.12. The SMILES string of the molecule is CCc1nn(CC)c(CC(O)Cc2cccc(Br)c2)c1Cl. The van der Waals surface area contributed by atoms with Crippen LogP contribution in [-0.2, 0) is 25.8 Å². The van der Waals surface area contributed by atoms with E-state index in [1.54, 1.807) is 0 Å². The van der Waals surface area contributed by atoms with Gasteiger partial charge >= 0.3 is 0 Å². The number of aromatic nitrogens is 2. The zero-order valence-corrected chi connectivity index (χ0v) is 14.7. The van der Waals surface area contributed by atoms with Crippen LogP contribution in [0.4, 0.5) is 0 Å². The molecule has 1 aromatic carbocycles. The van der Waals surface area contributed by atoms with Crippen LogP contribution in [0.15, 0.2) is 28.7 Å². The minimum Gasteiger partial charge on any atom is -0.392 e. The van der Waals surface area contributed by atoms with Gasteiger partial charge in [0, 0.05) is 17.4 Å². The molecule has 0 aliphatic heterocycles. The highest BCUT2D eigenvalue weighted by Crippen LogP contribution is 2.24. The summed E-state index contributed by atoms with van der Waals surface area (Å²) in [6.45, 7) is 4.83. The smallest absolute Gasteiger partial charge is 0.0850 e. The van der Waals surface area contributed by atoms with E-state index in [2.05, 4.69) is 21.0 Å². The normalized spacial score (nSPS) is 12.6. The standard InChI is InChI=1S/C16H20BrClN2O/c1-3-14-16(18)15(20(4-2)19-14)10-13(21)9-11-6-5-7-12(17)8-11/h5-8,13,21H,3-4,9-10H2,1-2H3. The van der Waals surface area contributed by atoms with Crippen LogP contribution >= 0.6 is 27.5 Å². The van der Waals surface area contributed by atoms with E-state index in [4.69, 9.17) is 11.6 Å². The molecule has 1 aromatic heterocycles. The predicted octanol–water partition coefficient (Wildman–Crippen LogP) is 4.03. The number of hydrogen-bond donors (Lipinski definition) is 1. The van der Waals surface area contributed by atoms with Gasteiger partial charge in [-0.3, -0.25) is 4.68 Å². The minimum atomic E-state index is -0.469. The molecular formula is C16H20BrClN2O. The summed E-state index contributed by atoms with van der Waals surface area (Å²) in [6, 6.07) is 8.00. The van der Waals surface area contributed by atoms with Gasteiger partial charge in [-0.1, -0.05) is 46.6 Å². The molecule has 0 bridgehead atoms. The molecule has 0 saturated heterocycles. The van der Waals surface area contributed by atoms with Crippen LogP contribution in [0, 0.1) is 0 Å². The van der Waals surface area contributed by atoms with Gasteiger partial charge in [-0.2, -0.15) is 5.10 Å². The molecule has 0 spiro atoms. The Labute approximate surface area is 139 Å². The van der Waals surface area contributed by atoms with Crippen LogP contribution in [0.3, 0.4) is 0 Å². The number of aliphatic hydroxyl groups excluding tert-OH is 1. The van der Waals surface area contributed by atoms with Crippen LogP contribution in [0.2, 0.25) is 5.02 Å². The van der Waals surface area contributed by atoms with E-state index in [-0.39, 0.29) is 0 Å². The van der Waals surface area contributed by atoms with Crippen molar-refractivity contribution in [3.8, 4) is 0 Å². The van der Waals surface area contributed by atoms with Gasteiger partial charge in [0.25, 0.3) is 0 Å². The second kappa shape index (κ2) is 7.43. The largest absolute Gasteiger partial charge is 0.392 e. The first-order valence-corrected chi connectivity index (χ1v) is 8.38. The fourth-order valence-electron chi connectivity index (χ4n) is 2.44. The van der Waals surface area contributed by atoms with Gasteiger partial charge in [0.05, 0.1) is 22.5 Å². The first-order chi connectivity index (χ1) is 10.0. The Hall–Kier alpha value is -0.840. The number of aliphatic hydroxyl groups is 1. The van der Waals surface area contributed by atoms with Gasteiger partial charge in [-0.25, -0.2) is 0 Å². The van der Waals surface area contributed by atoms with Crippen LogP contribution < -0.4 is 0 Å². The summed E-state index contributed by atoms with van der Waals surface area (Å²) < 4.78 is 2.92. The molecule has 1 atom stereocenters. The highest BCUT2D eigenvalue weighted by atomic mass is 79.9. The molecule has 0 aliphatic rings. The summed E-state index contributed by atoms with van der Waals surface area (Å²) in [5.41, 5.74) is 2.94. The predicted molar refractivity (Wildman–Crippen MR) is 89.8 cm³/mol. The van der Waals surface area contributed by atoms with Crippen molar-refractivity contribution in [2.45, 2.75) is 45.8 Å². The topological polar surface area (TPSA) is 38.0 Å². The zero-order valence-electron chi connectivity index (χ0n) is 12.3. The molecule has 0 saturated carbocycles. The van der Waals surface area contributed by atoms with E-state index >= 15 is 0 Å². The third-order valence-corrected chi connectivity index (χ3v) is 4.41. The first kappa shape index (κ1) is 16.5. The van der Waals surface area contributed by atoms with Crippen LogP contribution in [-0.4, -0.2) is 21.0 Å². The fraction of sp³-hybridized carbons (Fsp3) is 0.438. The van der Waals surface area contributed by atoms with E-state index in [1.807, 2.05) is 42.8 Å². The average molecular weight is 372 g/mol. The molecule has 0 fully saturated rings. The third-order valence-electron chi connectivity index (χ3n) is 3.48. The van der Waals surface area contributed by atoms with Gasteiger partial charge in [0.15, 0.2) is 0 Å². The van der Waals surface area contributed by atoms with Crippen molar-refractivity contribution in [1.29, 1.82) is 0 Å². The lowest BCUT2D eigenvalue weighted by Crippen LogP contribution is -2.17. The zero-order chi connectivity index (χ0) is 15.4. The van der Waals surface area contributed by atoms with E-state index < -0.39 is 6.10 Å². The molecule has 0 aliphatic carbocycles. The van der Waals surface area contributed by atoms with Gasteiger partial charge in [-0.05, 0) is 37.5 Å². The quantitative estimate of drug-likeness (QED) is 0.832. The molecule has 3 nitrogen and oxygen atoms in total. The summed E-state index contributed by atoms with van der Waals surface area (Å²) >= 11 is 9.83. The van der Waals surface area contributed by atoms with Crippen LogP contribution in [0.5, 0.6) is 0 Å². The first-order valence-electron chi connectivity index (χ1n) is 7.21. The molecule has 0 radical (unpaired) electrons. The Morgan fingerprint density at radius 1 is 1.33 bits per heavy atom. The maximum absolute atomic E-state index is 10.4. The van der Waals surface area contributed by atoms with Gasteiger partial charge < -0.3 is 5.11 Å². The van der Waals surface area contributed by atoms with Gasteiger partial charge in [-0.15, -0.1) is 0 Å². The number of aryl methyl sites for hydroxylation is 2. The third kappa shape index (κ3) is 4.09. The van der Waals surface area contributed by atoms with Crippen molar-refractivity contribution in [2.75, 3.05) is 0 Å². The molecule has 1 N–H and O–H groups in total. The molecule has 2 aromatic rings. The Kier molecular flexibility index (Phi) is 5.85. The van der Waals surface area contributed by atoms with E-state index in [0.717, 1.165) is 34.4 Å². The summed E-state index contributed by atoms with van der Waals surface area (Å²) in [5, 5.41) is 15.5. The molecule has 1 heterocycles. The maximum atomic E-state index is 10.4. The molecule has 21 heavy (non-hydrogen) atoms. The van der Waals surface area contributed by atoms with Crippen molar-refractivity contribution in [1.82, 2.24) is 9.78 Å². The highest BCUT2D eigenvalue weighted by Gasteiger charge is 2.18. The van der Waals surface area contributed by atoms with Crippen molar-refractivity contribution in [3.63, 3.8) is 0 Å². The molecule has 2 rings (SSSR count). The Morgan fingerprint density at radius 3 is 2.71 bits per heavy atom. The summed E-state index contributed by atoms with van der Waals surface area (Å²) in [4.78, 5) is 0. The molecular weight excluding hydrogens is 352 g/mol. The molecule has 1 unspecified atom stereocenters. The maximum Gasteiger partial charge on any atom is 0.0850 e. The lowest BCUT2D eigenvalue weighted by Gasteiger charge is -2.12. The molecule has 0 amide bonds. The van der Waals surface area contributed by atoms with Crippen LogP contribution in [0.1, 0.15) is 30.8 Å². The van der Waals surface area contributed by atoms with E-state index in [1.165, 1.54) is 0 Å². The van der Waals surface area contributed by atoms with Gasteiger partial charge in [0.1, 0.15) is 0 Å². The number of benzene rings is 1. The fourth-order valence-corrected chi connectivity index (χ4v) is 3.24. The number of nitrogens with zero attached hydrogens (tertiary/aromatic N) is 2. The summed E-state index contributed by atoms with van der Waals surface area (Å²) in [5.74, 6) is 0.